The summed E-state index contributed by atoms with van der Waals surface area (Å²) in [5.41, 5.74) is 1.85. The Hall–Kier alpha value is -1.12. The van der Waals surface area contributed by atoms with Crippen molar-refractivity contribution in [1.82, 2.24) is 0 Å². The van der Waals surface area contributed by atoms with Gasteiger partial charge in [-0.25, -0.2) is 4.39 Å². The number of thiophene rings is 1. The van der Waals surface area contributed by atoms with Crippen molar-refractivity contribution in [3.8, 4) is 10.4 Å². The first-order valence-electron chi connectivity index (χ1n) is 6.23. The van der Waals surface area contributed by atoms with Crippen molar-refractivity contribution in [2.45, 2.75) is 13.8 Å². The molecule has 1 heterocycles. The third kappa shape index (κ3) is 3.46. The van der Waals surface area contributed by atoms with Crippen LogP contribution in [0.5, 0.6) is 0 Å². The highest BCUT2D eigenvalue weighted by Crippen LogP contribution is 2.31. The molecule has 0 radical (unpaired) electrons. The number of rotatable bonds is 4. The SMILES string of the molecule is CC(C)C(=Cc1ccc(-c2ccccc2F)s1)CCl. The summed E-state index contributed by atoms with van der Waals surface area (Å²) in [5.74, 6) is 0.780. The van der Waals surface area contributed by atoms with Gasteiger partial charge in [-0.15, -0.1) is 22.9 Å². The smallest absolute Gasteiger partial charge is 0.131 e. The molecule has 0 saturated heterocycles. The zero-order valence-corrected chi connectivity index (χ0v) is 12.6. The van der Waals surface area contributed by atoms with Crippen molar-refractivity contribution in [1.29, 1.82) is 0 Å². The lowest BCUT2D eigenvalue weighted by Gasteiger charge is -2.06. The quantitative estimate of drug-likeness (QED) is 0.622. The Bertz CT molecular complexity index is 584. The maximum Gasteiger partial charge on any atom is 0.131 e. The molecule has 0 spiro atoms. The van der Waals surface area contributed by atoms with Crippen molar-refractivity contribution in [3.63, 3.8) is 0 Å². The number of alkyl halides is 1. The van der Waals surface area contributed by atoms with Crippen LogP contribution >= 0.6 is 22.9 Å². The third-order valence-corrected chi connectivity index (χ3v) is 4.36. The Kier molecular flexibility index (Phi) is 4.78. The molecule has 2 rings (SSSR count). The fourth-order valence-corrected chi connectivity index (χ4v) is 3.18. The largest absolute Gasteiger partial charge is 0.206 e. The molecule has 0 aliphatic rings. The Balaban J connectivity index is 2.32. The molecule has 1 aromatic heterocycles. The average Bonchev–Trinajstić information content (AvgIpc) is 2.84. The van der Waals surface area contributed by atoms with Crippen LogP contribution in [-0.4, -0.2) is 5.88 Å². The van der Waals surface area contributed by atoms with Crippen molar-refractivity contribution in [2.75, 3.05) is 5.88 Å². The van der Waals surface area contributed by atoms with Crippen LogP contribution in [0.25, 0.3) is 16.5 Å². The van der Waals surface area contributed by atoms with E-state index < -0.39 is 0 Å². The molecule has 0 fully saturated rings. The van der Waals surface area contributed by atoms with Gasteiger partial charge in [0.15, 0.2) is 0 Å². The molecule has 0 atom stereocenters. The summed E-state index contributed by atoms with van der Waals surface area (Å²) in [7, 11) is 0. The van der Waals surface area contributed by atoms with Crippen LogP contribution in [0.15, 0.2) is 42.0 Å². The summed E-state index contributed by atoms with van der Waals surface area (Å²) in [6, 6.07) is 10.8. The van der Waals surface area contributed by atoms with Crippen LogP contribution in [0.2, 0.25) is 0 Å². The normalized spacial score (nSPS) is 12.2. The predicted octanol–water partition coefficient (Wildman–Crippen LogP) is 5.83. The molecule has 0 N–H and O–H groups in total. The zero-order valence-electron chi connectivity index (χ0n) is 11.0. The Morgan fingerprint density at radius 1 is 1.26 bits per heavy atom. The number of allylic oxidation sites excluding steroid dienone is 1. The lowest BCUT2D eigenvalue weighted by molar-refractivity contribution is 0.631. The lowest BCUT2D eigenvalue weighted by Crippen LogP contribution is -1.94. The highest BCUT2D eigenvalue weighted by molar-refractivity contribution is 7.16. The van der Waals surface area contributed by atoms with Crippen LogP contribution in [0.4, 0.5) is 4.39 Å². The summed E-state index contributed by atoms with van der Waals surface area (Å²) in [4.78, 5) is 2.06. The summed E-state index contributed by atoms with van der Waals surface area (Å²) in [5, 5.41) is 0. The summed E-state index contributed by atoms with van der Waals surface area (Å²) < 4.78 is 13.7. The molecule has 100 valence electrons. The topological polar surface area (TPSA) is 0 Å². The molecule has 0 nitrogen and oxygen atoms in total. The molecule has 0 saturated carbocycles. The number of hydrogen-bond donors (Lipinski definition) is 0. The molecular weight excluding hydrogens is 279 g/mol. The predicted molar refractivity (Wildman–Crippen MR) is 83.2 cm³/mol. The van der Waals surface area contributed by atoms with E-state index in [9.17, 15) is 4.39 Å². The van der Waals surface area contributed by atoms with Gasteiger partial charge in [-0.05, 0) is 30.2 Å². The van der Waals surface area contributed by atoms with E-state index in [2.05, 4.69) is 19.9 Å². The van der Waals surface area contributed by atoms with Gasteiger partial charge in [0, 0.05) is 21.2 Å². The second kappa shape index (κ2) is 6.36. The van der Waals surface area contributed by atoms with E-state index in [1.165, 1.54) is 11.6 Å². The minimum Gasteiger partial charge on any atom is -0.206 e. The van der Waals surface area contributed by atoms with E-state index >= 15 is 0 Å². The number of hydrogen-bond acceptors (Lipinski definition) is 1. The monoisotopic (exact) mass is 294 g/mol. The van der Waals surface area contributed by atoms with Crippen LogP contribution in [0.1, 0.15) is 18.7 Å². The summed E-state index contributed by atoms with van der Waals surface area (Å²) in [6.45, 7) is 4.25. The molecule has 0 bridgehead atoms. The first-order valence-corrected chi connectivity index (χ1v) is 7.58. The van der Waals surface area contributed by atoms with Gasteiger partial charge in [0.05, 0.1) is 0 Å². The maximum atomic E-state index is 13.7. The molecule has 0 unspecified atom stereocenters. The van der Waals surface area contributed by atoms with Gasteiger partial charge >= 0.3 is 0 Å². The lowest BCUT2D eigenvalue weighted by atomic mass is 10.0. The molecule has 0 aliphatic heterocycles. The van der Waals surface area contributed by atoms with E-state index in [4.69, 9.17) is 11.6 Å². The molecule has 3 heteroatoms. The van der Waals surface area contributed by atoms with Crippen molar-refractivity contribution in [2.24, 2.45) is 5.92 Å². The molecule has 1 aromatic carbocycles. The highest BCUT2D eigenvalue weighted by atomic mass is 35.5. The van der Waals surface area contributed by atoms with Gasteiger partial charge in [-0.2, -0.15) is 0 Å². The zero-order chi connectivity index (χ0) is 13.8. The van der Waals surface area contributed by atoms with E-state index in [1.54, 1.807) is 23.5 Å². The highest BCUT2D eigenvalue weighted by Gasteiger charge is 2.08. The van der Waals surface area contributed by atoms with Crippen molar-refractivity contribution < 1.29 is 4.39 Å². The van der Waals surface area contributed by atoms with Gasteiger partial charge in [0.1, 0.15) is 5.82 Å². The van der Waals surface area contributed by atoms with Crippen LogP contribution in [0.3, 0.4) is 0 Å². The van der Waals surface area contributed by atoms with Crippen LogP contribution in [-0.2, 0) is 0 Å². The van der Waals surface area contributed by atoms with Crippen LogP contribution in [0, 0.1) is 11.7 Å². The average molecular weight is 295 g/mol. The minimum atomic E-state index is -0.179. The van der Waals surface area contributed by atoms with Crippen LogP contribution < -0.4 is 0 Å². The van der Waals surface area contributed by atoms with E-state index in [0.717, 1.165) is 9.75 Å². The number of benzene rings is 1. The van der Waals surface area contributed by atoms with Crippen molar-refractivity contribution in [3.05, 3.63) is 52.7 Å². The first kappa shape index (κ1) is 14.3. The van der Waals surface area contributed by atoms with E-state index in [0.29, 0.717) is 17.4 Å². The van der Waals surface area contributed by atoms with Gasteiger partial charge in [-0.1, -0.05) is 37.6 Å². The van der Waals surface area contributed by atoms with Crippen molar-refractivity contribution >= 4 is 29.0 Å². The molecule has 2 aromatic rings. The summed E-state index contributed by atoms with van der Waals surface area (Å²) >= 11 is 7.52. The summed E-state index contributed by atoms with van der Waals surface area (Å²) in [6.07, 6.45) is 2.10. The number of halogens is 2. The van der Waals surface area contributed by atoms with Gasteiger partial charge in [0.25, 0.3) is 0 Å². The molecule has 0 aliphatic carbocycles. The Labute approximate surface area is 122 Å². The molecular formula is C16H16ClFS. The van der Waals surface area contributed by atoms with Gasteiger partial charge < -0.3 is 0 Å². The second-order valence-corrected chi connectivity index (χ2v) is 6.07. The second-order valence-electron chi connectivity index (χ2n) is 4.69. The van der Waals surface area contributed by atoms with Gasteiger partial charge in [0.2, 0.25) is 0 Å². The molecule has 0 amide bonds. The van der Waals surface area contributed by atoms with E-state index in [1.807, 2.05) is 18.2 Å². The minimum absolute atomic E-state index is 0.179. The standard InChI is InChI=1S/C16H16ClFS/c1-11(2)12(10-17)9-13-7-8-16(19-13)14-5-3-4-6-15(14)18/h3-9,11H,10H2,1-2H3. The third-order valence-electron chi connectivity index (χ3n) is 2.99. The fourth-order valence-electron chi connectivity index (χ4n) is 1.78. The Morgan fingerprint density at radius 2 is 2.00 bits per heavy atom. The fraction of sp³-hybridized carbons (Fsp3) is 0.250. The Morgan fingerprint density at radius 3 is 2.63 bits per heavy atom. The maximum absolute atomic E-state index is 13.7. The first-order chi connectivity index (χ1) is 9.11. The van der Waals surface area contributed by atoms with Gasteiger partial charge in [-0.3, -0.25) is 0 Å². The van der Waals surface area contributed by atoms with E-state index in [-0.39, 0.29) is 5.82 Å². The molecule has 19 heavy (non-hydrogen) atoms.